The fourth-order valence-corrected chi connectivity index (χ4v) is 2.32. The van der Waals surface area contributed by atoms with E-state index in [4.69, 9.17) is 0 Å². The maximum atomic E-state index is 3.94. The van der Waals surface area contributed by atoms with Crippen LogP contribution >= 0.6 is 0 Å². The van der Waals surface area contributed by atoms with Gasteiger partial charge in [-0.3, -0.25) is 4.99 Å². The summed E-state index contributed by atoms with van der Waals surface area (Å²) in [7, 11) is 5.84. The lowest BCUT2D eigenvalue weighted by molar-refractivity contribution is 1.09. The van der Waals surface area contributed by atoms with Crippen molar-refractivity contribution in [3.8, 4) is 0 Å². The summed E-state index contributed by atoms with van der Waals surface area (Å²) in [5.74, 6) is 0. The van der Waals surface area contributed by atoms with Crippen molar-refractivity contribution in [2.75, 3.05) is 26.0 Å². The smallest absolute Gasteiger partial charge is 0.0361 e. The molecule has 0 aliphatic heterocycles. The third-order valence-corrected chi connectivity index (χ3v) is 3.59. The van der Waals surface area contributed by atoms with Gasteiger partial charge in [0.25, 0.3) is 0 Å². The zero-order valence-corrected chi connectivity index (χ0v) is 19.0. The lowest BCUT2D eigenvalue weighted by Gasteiger charge is -2.11. The molecule has 2 nitrogen and oxygen atoms in total. The highest BCUT2D eigenvalue weighted by Crippen LogP contribution is 2.14. The minimum absolute atomic E-state index is 1.14. The van der Waals surface area contributed by atoms with E-state index in [-0.39, 0.29) is 0 Å². The van der Waals surface area contributed by atoms with Gasteiger partial charge in [-0.05, 0) is 35.4 Å². The summed E-state index contributed by atoms with van der Waals surface area (Å²) in [4.78, 5) is 6.02. The van der Waals surface area contributed by atoms with Gasteiger partial charge in [0.15, 0.2) is 0 Å². The van der Waals surface area contributed by atoms with Crippen molar-refractivity contribution < 1.29 is 0 Å². The number of hydrogen-bond donors (Lipinski definition) is 0. The first-order valence-electron chi connectivity index (χ1n) is 10.2. The summed E-state index contributed by atoms with van der Waals surface area (Å²) >= 11 is 0. The van der Waals surface area contributed by atoms with E-state index in [0.717, 1.165) is 5.56 Å². The highest BCUT2D eigenvalue weighted by Gasteiger charge is 1.92. The van der Waals surface area contributed by atoms with Crippen LogP contribution in [0.2, 0.25) is 0 Å². The van der Waals surface area contributed by atoms with Crippen LogP contribution in [0, 0.1) is 6.92 Å². The number of nitrogens with zero attached hydrogens (tertiary/aromatic N) is 2. The van der Waals surface area contributed by atoms with Gasteiger partial charge in [0, 0.05) is 33.0 Å². The summed E-state index contributed by atoms with van der Waals surface area (Å²) in [5, 5.41) is 2.64. The van der Waals surface area contributed by atoms with E-state index in [1.165, 1.54) is 28.4 Å². The molecule has 0 atom stereocenters. The molecule has 2 heteroatoms. The summed E-state index contributed by atoms with van der Waals surface area (Å²) < 4.78 is 0. The number of aliphatic imine (C=N–C) groups is 1. The number of anilines is 1. The van der Waals surface area contributed by atoms with Crippen molar-refractivity contribution >= 4 is 22.7 Å². The molecular weight excluding hydrogens is 340 g/mol. The van der Waals surface area contributed by atoms with E-state index in [2.05, 4.69) is 97.4 Å². The third kappa shape index (κ3) is 9.91. The Bertz CT molecular complexity index is 787. The van der Waals surface area contributed by atoms with E-state index >= 15 is 0 Å². The van der Waals surface area contributed by atoms with Crippen LogP contribution in [-0.4, -0.2) is 27.4 Å². The van der Waals surface area contributed by atoms with Crippen LogP contribution in [0.4, 0.5) is 5.69 Å². The van der Waals surface area contributed by atoms with Crippen molar-refractivity contribution in [2.24, 2.45) is 4.99 Å². The van der Waals surface area contributed by atoms with Gasteiger partial charge in [-0.2, -0.15) is 0 Å². The fraction of sp³-hybridized carbons (Fsp3) is 0.346. The highest BCUT2D eigenvalue weighted by atomic mass is 15.1. The Labute approximate surface area is 172 Å². The lowest BCUT2D eigenvalue weighted by atomic mass is 10.1. The van der Waals surface area contributed by atoms with Crippen molar-refractivity contribution in [1.82, 2.24) is 0 Å². The topological polar surface area (TPSA) is 15.6 Å². The van der Waals surface area contributed by atoms with Gasteiger partial charge in [0.2, 0.25) is 0 Å². The molecule has 0 unspecified atom stereocenters. The summed E-state index contributed by atoms with van der Waals surface area (Å²) in [6.45, 7) is 10.4. The van der Waals surface area contributed by atoms with E-state index in [9.17, 15) is 0 Å². The van der Waals surface area contributed by atoms with Crippen molar-refractivity contribution in [2.45, 2.75) is 41.0 Å². The number of aryl methyl sites for hydroxylation is 1. The third-order valence-electron chi connectivity index (χ3n) is 3.59. The summed E-state index contributed by atoms with van der Waals surface area (Å²) in [5.41, 5.74) is 3.68. The Morgan fingerprint density at radius 2 is 1.36 bits per heavy atom. The molecule has 0 spiro atoms. The average Bonchev–Trinajstić information content (AvgIpc) is 2.71. The Morgan fingerprint density at radius 3 is 1.86 bits per heavy atom. The molecule has 152 valence electrons. The van der Waals surface area contributed by atoms with E-state index in [0.29, 0.717) is 0 Å². The van der Waals surface area contributed by atoms with Gasteiger partial charge in [0.05, 0.1) is 0 Å². The minimum Gasteiger partial charge on any atom is -0.378 e. The van der Waals surface area contributed by atoms with Crippen LogP contribution in [0.1, 0.15) is 45.2 Å². The SMILES string of the molecule is CC.CCC.CN=Cc1ccc(N(C)C)cc1.Cc1ccc2ccccc2c1. The van der Waals surface area contributed by atoms with Crippen LogP contribution < -0.4 is 4.90 Å². The second kappa shape index (κ2) is 15.4. The molecule has 3 rings (SSSR count). The van der Waals surface area contributed by atoms with Crippen LogP contribution in [0.15, 0.2) is 71.7 Å². The largest absolute Gasteiger partial charge is 0.378 e. The van der Waals surface area contributed by atoms with Gasteiger partial charge in [-0.1, -0.05) is 94.3 Å². The highest BCUT2D eigenvalue weighted by molar-refractivity contribution is 5.83. The normalized spacial score (nSPS) is 9.43. The Morgan fingerprint density at radius 1 is 0.821 bits per heavy atom. The Balaban J connectivity index is 0.000000425. The molecule has 0 radical (unpaired) electrons. The van der Waals surface area contributed by atoms with Gasteiger partial charge in [-0.15, -0.1) is 0 Å². The molecule has 3 aromatic rings. The maximum absolute atomic E-state index is 3.94. The first-order valence-corrected chi connectivity index (χ1v) is 10.2. The van der Waals surface area contributed by atoms with Crippen LogP contribution in [0.25, 0.3) is 10.8 Å². The second-order valence-electron chi connectivity index (χ2n) is 6.43. The van der Waals surface area contributed by atoms with E-state index in [1.54, 1.807) is 7.05 Å². The summed E-state index contributed by atoms with van der Waals surface area (Å²) in [6, 6.07) is 23.2. The van der Waals surface area contributed by atoms with Crippen molar-refractivity contribution in [1.29, 1.82) is 0 Å². The van der Waals surface area contributed by atoms with Gasteiger partial charge >= 0.3 is 0 Å². The quantitative estimate of drug-likeness (QED) is 0.424. The number of fused-ring (bicyclic) bond motifs is 1. The van der Waals surface area contributed by atoms with Gasteiger partial charge in [0.1, 0.15) is 0 Å². The monoisotopic (exact) mass is 378 g/mol. The number of benzene rings is 3. The molecule has 28 heavy (non-hydrogen) atoms. The predicted molar refractivity (Wildman–Crippen MR) is 130 cm³/mol. The molecule has 0 aromatic heterocycles. The van der Waals surface area contributed by atoms with Gasteiger partial charge in [-0.25, -0.2) is 0 Å². The molecule has 0 aliphatic carbocycles. The molecule has 0 fully saturated rings. The van der Waals surface area contributed by atoms with Crippen molar-refractivity contribution in [3.63, 3.8) is 0 Å². The predicted octanol–water partition coefficient (Wildman–Crippen LogP) is 7.39. The zero-order valence-electron chi connectivity index (χ0n) is 19.0. The van der Waals surface area contributed by atoms with E-state index in [1.807, 2.05) is 34.2 Å². The lowest BCUT2D eigenvalue weighted by Crippen LogP contribution is -2.08. The molecule has 0 bridgehead atoms. The fourth-order valence-electron chi connectivity index (χ4n) is 2.32. The van der Waals surface area contributed by atoms with Crippen LogP contribution in [0.3, 0.4) is 0 Å². The molecule has 3 aromatic carbocycles. The first kappa shape index (κ1) is 25.4. The van der Waals surface area contributed by atoms with E-state index < -0.39 is 0 Å². The minimum atomic E-state index is 1.14. The zero-order chi connectivity index (χ0) is 21.4. The molecular formula is C26H38N2. The molecule has 0 aliphatic rings. The van der Waals surface area contributed by atoms with Gasteiger partial charge < -0.3 is 4.90 Å². The molecule has 0 saturated heterocycles. The number of hydrogen-bond acceptors (Lipinski definition) is 2. The standard InChI is InChI=1S/C11H10.C10H14N2.C3H8.C2H6/c1-9-6-7-10-4-2-3-5-11(10)8-9;1-11-8-9-4-6-10(7-5-9)12(2)3;1-3-2;1-2/h2-8H,1H3;4-8H,1-3H3;3H2,1-2H3;1-2H3. The van der Waals surface area contributed by atoms with Crippen LogP contribution in [-0.2, 0) is 0 Å². The number of rotatable bonds is 2. The first-order chi connectivity index (χ1) is 13.5. The molecule has 0 N–H and O–H groups in total. The van der Waals surface area contributed by atoms with Crippen molar-refractivity contribution in [3.05, 3.63) is 77.9 Å². The summed E-state index contributed by atoms with van der Waals surface area (Å²) in [6.07, 6.45) is 3.10. The Hall–Kier alpha value is -2.61. The molecule has 0 saturated carbocycles. The Kier molecular flexibility index (Phi) is 14.0. The molecule has 0 heterocycles. The second-order valence-corrected chi connectivity index (χ2v) is 6.43. The van der Waals surface area contributed by atoms with Crippen LogP contribution in [0.5, 0.6) is 0 Å². The maximum Gasteiger partial charge on any atom is 0.0361 e. The molecule has 0 amide bonds. The average molecular weight is 379 g/mol.